The zero-order valence-corrected chi connectivity index (χ0v) is 17.8. The van der Waals surface area contributed by atoms with E-state index in [-0.39, 0.29) is 18.0 Å². The molecular formula is C25H25N5O2. The Hall–Kier alpha value is -3.74. The monoisotopic (exact) mass is 427 g/mol. The summed E-state index contributed by atoms with van der Waals surface area (Å²) in [5.41, 5.74) is 1.59. The van der Waals surface area contributed by atoms with Crippen LogP contribution in [0.15, 0.2) is 78.1 Å². The molecule has 1 amide bonds. The molecule has 1 aliphatic rings. The first kappa shape index (κ1) is 20.2. The first-order chi connectivity index (χ1) is 15.7. The standard InChI is InChI=1S/C25H25N5O2/c31-23(17-30-18-27-22-9-5-4-8-21(22)25(30)32)28-13-10-19(11-14-28)16-29-15-12-26-24(29)20-6-2-1-3-7-20/h1-9,12,15,18-19H,10-11,13-14,16-17H2. The van der Waals surface area contributed by atoms with Gasteiger partial charge in [-0.1, -0.05) is 42.5 Å². The Balaban J connectivity index is 1.20. The van der Waals surface area contributed by atoms with Crippen molar-refractivity contribution in [3.63, 3.8) is 0 Å². The van der Waals surface area contributed by atoms with Crippen LogP contribution in [-0.4, -0.2) is 43.0 Å². The van der Waals surface area contributed by atoms with E-state index in [2.05, 4.69) is 26.7 Å². The Morgan fingerprint density at radius 1 is 0.938 bits per heavy atom. The Morgan fingerprint density at radius 3 is 2.50 bits per heavy atom. The van der Waals surface area contributed by atoms with Gasteiger partial charge in [0.25, 0.3) is 5.56 Å². The molecule has 4 aromatic rings. The molecule has 0 bridgehead atoms. The molecule has 0 N–H and O–H groups in total. The molecule has 5 rings (SSSR count). The minimum Gasteiger partial charge on any atom is -0.341 e. The van der Waals surface area contributed by atoms with Crippen LogP contribution in [0.1, 0.15) is 12.8 Å². The average molecular weight is 428 g/mol. The van der Waals surface area contributed by atoms with Gasteiger partial charge in [-0.2, -0.15) is 0 Å². The van der Waals surface area contributed by atoms with E-state index in [0.717, 1.165) is 30.8 Å². The molecule has 2 aromatic heterocycles. The molecule has 32 heavy (non-hydrogen) atoms. The highest BCUT2D eigenvalue weighted by atomic mass is 16.2. The predicted molar refractivity (Wildman–Crippen MR) is 123 cm³/mol. The quantitative estimate of drug-likeness (QED) is 0.490. The van der Waals surface area contributed by atoms with Crippen molar-refractivity contribution < 1.29 is 4.79 Å². The molecule has 0 atom stereocenters. The third kappa shape index (κ3) is 4.06. The Labute approximate surface area is 186 Å². The van der Waals surface area contributed by atoms with Crippen LogP contribution in [0.4, 0.5) is 0 Å². The predicted octanol–water partition coefficient (Wildman–Crippen LogP) is 3.20. The lowest BCUT2D eigenvalue weighted by Crippen LogP contribution is -2.42. The van der Waals surface area contributed by atoms with Crippen molar-refractivity contribution in [2.75, 3.05) is 13.1 Å². The molecule has 1 saturated heterocycles. The number of para-hydroxylation sites is 1. The maximum atomic E-state index is 12.8. The van der Waals surface area contributed by atoms with Crippen LogP contribution in [-0.2, 0) is 17.9 Å². The van der Waals surface area contributed by atoms with Crippen molar-refractivity contribution in [3.8, 4) is 11.4 Å². The fraction of sp³-hybridized carbons (Fsp3) is 0.280. The zero-order chi connectivity index (χ0) is 21.9. The number of carbonyl (C=O) groups excluding carboxylic acids is 1. The van der Waals surface area contributed by atoms with E-state index < -0.39 is 0 Å². The van der Waals surface area contributed by atoms with E-state index in [1.807, 2.05) is 47.6 Å². The highest BCUT2D eigenvalue weighted by Gasteiger charge is 2.24. The summed E-state index contributed by atoms with van der Waals surface area (Å²) in [5.74, 6) is 1.43. The summed E-state index contributed by atoms with van der Waals surface area (Å²) in [7, 11) is 0. The summed E-state index contributed by atoms with van der Waals surface area (Å²) in [6.45, 7) is 2.32. The molecule has 7 nitrogen and oxygen atoms in total. The van der Waals surface area contributed by atoms with Crippen molar-refractivity contribution in [1.82, 2.24) is 24.0 Å². The number of hydrogen-bond donors (Lipinski definition) is 0. The van der Waals surface area contributed by atoms with Crippen molar-refractivity contribution in [2.45, 2.75) is 25.9 Å². The van der Waals surface area contributed by atoms with Crippen molar-refractivity contribution in [1.29, 1.82) is 0 Å². The number of amides is 1. The van der Waals surface area contributed by atoms with Crippen LogP contribution in [0.3, 0.4) is 0 Å². The van der Waals surface area contributed by atoms with Crippen LogP contribution in [0.5, 0.6) is 0 Å². The highest BCUT2D eigenvalue weighted by Crippen LogP contribution is 2.23. The van der Waals surface area contributed by atoms with Gasteiger partial charge in [-0.15, -0.1) is 0 Å². The van der Waals surface area contributed by atoms with Crippen LogP contribution in [0.25, 0.3) is 22.3 Å². The van der Waals surface area contributed by atoms with E-state index in [9.17, 15) is 9.59 Å². The van der Waals surface area contributed by atoms with Gasteiger partial charge in [0.15, 0.2) is 0 Å². The number of likely N-dealkylation sites (tertiary alicyclic amines) is 1. The van der Waals surface area contributed by atoms with Gasteiger partial charge >= 0.3 is 0 Å². The smallest absolute Gasteiger partial charge is 0.261 e. The second kappa shape index (κ2) is 8.78. The molecule has 7 heteroatoms. The average Bonchev–Trinajstić information content (AvgIpc) is 3.30. The topological polar surface area (TPSA) is 73.0 Å². The molecule has 0 unspecified atom stereocenters. The maximum absolute atomic E-state index is 12.8. The van der Waals surface area contributed by atoms with E-state index in [0.29, 0.717) is 29.9 Å². The summed E-state index contributed by atoms with van der Waals surface area (Å²) in [4.78, 5) is 36.2. The molecule has 2 aromatic carbocycles. The van der Waals surface area contributed by atoms with Gasteiger partial charge in [-0.25, -0.2) is 9.97 Å². The summed E-state index contributed by atoms with van der Waals surface area (Å²) < 4.78 is 3.62. The van der Waals surface area contributed by atoms with Crippen molar-refractivity contribution in [2.24, 2.45) is 5.92 Å². The van der Waals surface area contributed by atoms with Gasteiger partial charge in [0.2, 0.25) is 5.91 Å². The van der Waals surface area contributed by atoms with Crippen LogP contribution >= 0.6 is 0 Å². The Bertz CT molecular complexity index is 1290. The maximum Gasteiger partial charge on any atom is 0.261 e. The van der Waals surface area contributed by atoms with Crippen molar-refractivity contribution in [3.05, 3.63) is 83.7 Å². The number of imidazole rings is 1. The Kier molecular flexibility index (Phi) is 5.54. The second-order valence-corrected chi connectivity index (χ2v) is 8.29. The molecule has 1 fully saturated rings. The largest absolute Gasteiger partial charge is 0.341 e. The number of rotatable bonds is 5. The highest BCUT2D eigenvalue weighted by molar-refractivity contribution is 5.79. The van der Waals surface area contributed by atoms with Crippen LogP contribution in [0.2, 0.25) is 0 Å². The van der Waals surface area contributed by atoms with Gasteiger partial charge in [-0.05, 0) is 30.9 Å². The third-order valence-electron chi connectivity index (χ3n) is 6.21. The summed E-state index contributed by atoms with van der Waals surface area (Å²) in [6, 6.07) is 17.4. The SMILES string of the molecule is O=C(Cn1cnc2ccccc2c1=O)N1CCC(Cn2ccnc2-c2ccccc2)CC1. The molecule has 0 radical (unpaired) electrons. The molecule has 3 heterocycles. The lowest BCUT2D eigenvalue weighted by Gasteiger charge is -2.32. The zero-order valence-electron chi connectivity index (χ0n) is 17.8. The Morgan fingerprint density at radius 2 is 1.69 bits per heavy atom. The van der Waals surface area contributed by atoms with E-state index in [1.54, 1.807) is 12.1 Å². The normalized spacial score (nSPS) is 14.7. The fourth-order valence-electron chi connectivity index (χ4n) is 4.41. The minimum atomic E-state index is -0.174. The number of piperidine rings is 1. The number of nitrogens with zero attached hydrogens (tertiary/aromatic N) is 5. The fourth-order valence-corrected chi connectivity index (χ4v) is 4.41. The van der Waals surface area contributed by atoms with Gasteiger partial charge in [-0.3, -0.25) is 14.2 Å². The number of hydrogen-bond acceptors (Lipinski definition) is 4. The van der Waals surface area contributed by atoms with E-state index >= 15 is 0 Å². The van der Waals surface area contributed by atoms with E-state index in [4.69, 9.17) is 0 Å². The molecule has 1 aliphatic heterocycles. The molecular weight excluding hydrogens is 402 g/mol. The summed E-state index contributed by atoms with van der Waals surface area (Å²) in [6.07, 6.45) is 7.21. The number of carbonyl (C=O) groups is 1. The van der Waals surface area contributed by atoms with E-state index in [1.165, 1.54) is 10.9 Å². The molecule has 0 aliphatic carbocycles. The van der Waals surface area contributed by atoms with Gasteiger partial charge in [0.05, 0.1) is 17.2 Å². The minimum absolute atomic E-state index is 0.0288. The van der Waals surface area contributed by atoms with Crippen LogP contribution in [0, 0.1) is 5.92 Å². The van der Waals surface area contributed by atoms with Gasteiger partial charge < -0.3 is 9.47 Å². The number of benzene rings is 2. The lowest BCUT2D eigenvalue weighted by molar-refractivity contribution is -0.133. The second-order valence-electron chi connectivity index (χ2n) is 8.29. The summed E-state index contributed by atoms with van der Waals surface area (Å²) in [5, 5.41) is 0.538. The van der Waals surface area contributed by atoms with Crippen molar-refractivity contribution >= 4 is 16.8 Å². The first-order valence-corrected chi connectivity index (χ1v) is 11.0. The van der Waals surface area contributed by atoms with Gasteiger partial charge in [0.1, 0.15) is 12.4 Å². The number of fused-ring (bicyclic) bond motifs is 1. The van der Waals surface area contributed by atoms with Crippen LogP contribution < -0.4 is 5.56 Å². The number of aromatic nitrogens is 4. The summed E-state index contributed by atoms with van der Waals surface area (Å²) >= 11 is 0. The molecule has 0 spiro atoms. The van der Waals surface area contributed by atoms with Gasteiger partial charge in [0, 0.05) is 37.6 Å². The first-order valence-electron chi connectivity index (χ1n) is 11.0. The third-order valence-corrected chi connectivity index (χ3v) is 6.21. The molecule has 162 valence electrons. The lowest BCUT2D eigenvalue weighted by atomic mass is 9.96. The molecule has 0 saturated carbocycles.